The Morgan fingerprint density at radius 2 is 1.95 bits per heavy atom. The van der Waals surface area contributed by atoms with Crippen LogP contribution in [0.4, 0.5) is 0 Å². The molecule has 1 rings (SSSR count). The molecule has 0 saturated carbocycles. The van der Waals surface area contributed by atoms with Crippen molar-refractivity contribution < 1.29 is 8.42 Å². The van der Waals surface area contributed by atoms with E-state index in [2.05, 4.69) is 4.90 Å². The van der Waals surface area contributed by atoms with Crippen molar-refractivity contribution in [2.75, 3.05) is 33.7 Å². The Kier molecular flexibility index (Phi) is 6.60. The Labute approximate surface area is 126 Å². The molecule has 0 spiro atoms. The predicted octanol–water partition coefficient (Wildman–Crippen LogP) is 1.48. The Morgan fingerprint density at radius 3 is 2.45 bits per heavy atom. The van der Waals surface area contributed by atoms with Gasteiger partial charge in [0.1, 0.15) is 4.90 Å². The first-order valence-electron chi connectivity index (χ1n) is 6.76. The van der Waals surface area contributed by atoms with E-state index in [1.165, 1.54) is 11.3 Å². The highest BCUT2D eigenvalue weighted by Gasteiger charge is 2.28. The molecule has 20 heavy (non-hydrogen) atoms. The van der Waals surface area contributed by atoms with Crippen molar-refractivity contribution in [3.05, 3.63) is 15.8 Å². The van der Waals surface area contributed by atoms with Crippen molar-refractivity contribution in [3.63, 3.8) is 0 Å². The molecule has 0 aromatic carbocycles. The molecule has 2 N–H and O–H groups in total. The number of aryl methyl sites for hydroxylation is 1. The van der Waals surface area contributed by atoms with Crippen LogP contribution < -0.4 is 5.73 Å². The van der Waals surface area contributed by atoms with E-state index in [0.717, 1.165) is 23.4 Å². The van der Waals surface area contributed by atoms with Crippen LogP contribution in [0, 0.1) is 6.92 Å². The fourth-order valence-electron chi connectivity index (χ4n) is 2.12. The average Bonchev–Trinajstić information content (AvgIpc) is 2.75. The normalized spacial score (nSPS) is 12.6. The van der Waals surface area contributed by atoms with Gasteiger partial charge in [0.2, 0.25) is 10.0 Å². The summed E-state index contributed by atoms with van der Waals surface area (Å²) in [5.41, 5.74) is 6.46. The first kappa shape index (κ1) is 17.6. The Morgan fingerprint density at radius 1 is 1.30 bits per heavy atom. The van der Waals surface area contributed by atoms with E-state index in [1.807, 2.05) is 33.3 Å². The van der Waals surface area contributed by atoms with Crippen LogP contribution in [0.15, 0.2) is 10.3 Å². The van der Waals surface area contributed by atoms with E-state index in [4.69, 9.17) is 5.73 Å². The molecule has 1 aromatic heterocycles. The third kappa shape index (κ3) is 4.02. The topological polar surface area (TPSA) is 66.6 Å². The molecule has 0 aliphatic heterocycles. The highest BCUT2D eigenvalue weighted by Crippen LogP contribution is 2.29. The Bertz CT molecular complexity index is 524. The smallest absolute Gasteiger partial charge is 0.244 e. The summed E-state index contributed by atoms with van der Waals surface area (Å²) >= 11 is 1.42. The molecule has 7 heteroatoms. The molecule has 116 valence electrons. The summed E-state index contributed by atoms with van der Waals surface area (Å²) in [6.07, 6.45) is 0.821. The highest BCUT2D eigenvalue weighted by molar-refractivity contribution is 7.89. The number of sulfonamides is 1. The van der Waals surface area contributed by atoms with Crippen LogP contribution in [0.1, 0.15) is 23.8 Å². The fraction of sp³-hybridized carbons (Fsp3) is 0.692. The van der Waals surface area contributed by atoms with Crippen LogP contribution >= 0.6 is 11.3 Å². The largest absolute Gasteiger partial charge is 0.326 e. The van der Waals surface area contributed by atoms with Gasteiger partial charge in [-0.15, -0.1) is 11.3 Å². The predicted molar refractivity (Wildman–Crippen MR) is 84.6 cm³/mol. The molecule has 0 aliphatic rings. The van der Waals surface area contributed by atoms with Gasteiger partial charge in [0.05, 0.1) is 0 Å². The van der Waals surface area contributed by atoms with Gasteiger partial charge in [0, 0.05) is 24.5 Å². The maximum absolute atomic E-state index is 12.8. The maximum atomic E-state index is 12.8. The van der Waals surface area contributed by atoms with Gasteiger partial charge in [-0.2, -0.15) is 4.31 Å². The van der Waals surface area contributed by atoms with Crippen molar-refractivity contribution in [2.45, 2.75) is 31.7 Å². The molecule has 0 atom stereocenters. The quantitative estimate of drug-likeness (QED) is 0.788. The molecule has 1 heterocycles. The first-order chi connectivity index (χ1) is 9.34. The van der Waals surface area contributed by atoms with Crippen LogP contribution in [0.2, 0.25) is 0 Å². The second-order valence-electron chi connectivity index (χ2n) is 5.03. The third-order valence-corrected chi connectivity index (χ3v) is 6.60. The van der Waals surface area contributed by atoms with Crippen LogP contribution in [0.3, 0.4) is 0 Å². The zero-order valence-electron chi connectivity index (χ0n) is 12.7. The van der Waals surface area contributed by atoms with E-state index < -0.39 is 10.0 Å². The molecule has 0 bridgehead atoms. The minimum Gasteiger partial charge on any atom is -0.326 e. The van der Waals surface area contributed by atoms with E-state index >= 15 is 0 Å². The van der Waals surface area contributed by atoms with Crippen LogP contribution in [-0.4, -0.2) is 51.4 Å². The second-order valence-corrected chi connectivity index (χ2v) is 7.87. The first-order valence-corrected chi connectivity index (χ1v) is 9.08. The minimum absolute atomic E-state index is 0.266. The molecule has 5 nitrogen and oxygen atoms in total. The van der Waals surface area contributed by atoms with Gasteiger partial charge in [0.15, 0.2) is 0 Å². The van der Waals surface area contributed by atoms with Crippen LogP contribution in [-0.2, 0) is 16.6 Å². The van der Waals surface area contributed by atoms with Gasteiger partial charge in [-0.05, 0) is 44.9 Å². The van der Waals surface area contributed by atoms with Crippen LogP contribution in [0.5, 0.6) is 0 Å². The lowest BCUT2D eigenvalue weighted by Crippen LogP contribution is -2.34. The molecule has 0 unspecified atom stereocenters. The molecular formula is C13H25N3O2S2. The Hall–Kier alpha value is -0.470. The number of nitrogens with zero attached hydrogens (tertiary/aromatic N) is 2. The van der Waals surface area contributed by atoms with E-state index in [9.17, 15) is 8.42 Å². The standard InChI is InChI=1S/C13H25N3O2S2/c1-5-16(8-6-7-15(3)4)20(17,18)13-11(2)10-19-12(13)9-14/h10H,5-9,14H2,1-4H3. The van der Waals surface area contributed by atoms with Crippen molar-refractivity contribution >= 4 is 21.4 Å². The lowest BCUT2D eigenvalue weighted by atomic mass is 10.3. The third-order valence-electron chi connectivity index (χ3n) is 3.14. The summed E-state index contributed by atoms with van der Waals surface area (Å²) in [7, 11) is 0.539. The SMILES string of the molecule is CCN(CCCN(C)C)S(=O)(=O)c1c(C)csc1CN. The summed E-state index contributed by atoms with van der Waals surface area (Å²) in [6, 6.07) is 0. The summed E-state index contributed by atoms with van der Waals surface area (Å²) in [5.74, 6) is 0. The molecule has 0 fully saturated rings. The Balaban J connectivity index is 2.97. The van der Waals surface area contributed by atoms with Gasteiger partial charge in [-0.3, -0.25) is 0 Å². The van der Waals surface area contributed by atoms with Gasteiger partial charge in [-0.25, -0.2) is 8.42 Å². The molecule has 0 saturated heterocycles. The maximum Gasteiger partial charge on any atom is 0.244 e. The molecule has 1 aromatic rings. The van der Waals surface area contributed by atoms with Gasteiger partial charge in [0.25, 0.3) is 0 Å². The number of rotatable bonds is 8. The lowest BCUT2D eigenvalue weighted by molar-refractivity contribution is 0.356. The summed E-state index contributed by atoms with van der Waals surface area (Å²) in [5, 5.41) is 1.86. The fourth-order valence-corrected chi connectivity index (χ4v) is 5.26. The lowest BCUT2D eigenvalue weighted by Gasteiger charge is -2.22. The molecule has 0 radical (unpaired) electrons. The van der Waals surface area contributed by atoms with Crippen LogP contribution in [0.25, 0.3) is 0 Å². The number of nitrogens with two attached hydrogens (primary N) is 1. The van der Waals surface area contributed by atoms with Gasteiger partial charge in [-0.1, -0.05) is 6.92 Å². The number of thiophene rings is 1. The van der Waals surface area contributed by atoms with E-state index in [1.54, 1.807) is 4.31 Å². The number of hydrogen-bond donors (Lipinski definition) is 1. The van der Waals surface area contributed by atoms with E-state index in [0.29, 0.717) is 18.0 Å². The summed E-state index contributed by atoms with van der Waals surface area (Å²) in [6.45, 7) is 5.86. The summed E-state index contributed by atoms with van der Waals surface area (Å²) < 4.78 is 27.1. The molecular weight excluding hydrogens is 294 g/mol. The zero-order valence-corrected chi connectivity index (χ0v) is 14.4. The summed E-state index contributed by atoms with van der Waals surface area (Å²) in [4.78, 5) is 3.21. The van der Waals surface area contributed by atoms with Crippen molar-refractivity contribution in [2.24, 2.45) is 5.73 Å². The van der Waals surface area contributed by atoms with Crippen molar-refractivity contribution in [1.29, 1.82) is 0 Å². The van der Waals surface area contributed by atoms with E-state index in [-0.39, 0.29) is 6.54 Å². The van der Waals surface area contributed by atoms with Gasteiger partial charge < -0.3 is 10.6 Å². The average molecular weight is 319 g/mol. The van der Waals surface area contributed by atoms with Crippen molar-refractivity contribution in [1.82, 2.24) is 9.21 Å². The number of hydrogen-bond acceptors (Lipinski definition) is 5. The molecule has 0 amide bonds. The monoisotopic (exact) mass is 319 g/mol. The second kappa shape index (κ2) is 7.51. The molecule has 0 aliphatic carbocycles. The highest BCUT2D eigenvalue weighted by atomic mass is 32.2. The zero-order chi connectivity index (χ0) is 15.3. The van der Waals surface area contributed by atoms with Gasteiger partial charge >= 0.3 is 0 Å². The van der Waals surface area contributed by atoms with Crippen molar-refractivity contribution in [3.8, 4) is 0 Å². The minimum atomic E-state index is -3.43.